The number of rotatable bonds is 5. The summed E-state index contributed by atoms with van der Waals surface area (Å²) in [6.45, 7) is 3.80. The Hall–Kier alpha value is -1.83. The first kappa shape index (κ1) is 13.2. The highest BCUT2D eigenvalue weighted by molar-refractivity contribution is 5.85. The lowest BCUT2D eigenvalue weighted by Gasteiger charge is -2.00. The van der Waals surface area contributed by atoms with Crippen LogP contribution in [0.25, 0.3) is 0 Å². The molecular weight excluding hydrogens is 198 g/mol. The summed E-state index contributed by atoms with van der Waals surface area (Å²) < 4.78 is 9.23. The van der Waals surface area contributed by atoms with Crippen molar-refractivity contribution >= 4 is 11.9 Å². The summed E-state index contributed by atoms with van der Waals surface area (Å²) in [5.74, 6) is -1.16. The minimum atomic E-state index is -0.627. The maximum atomic E-state index is 11.0. The molecule has 0 saturated carbocycles. The van der Waals surface area contributed by atoms with E-state index in [0.29, 0.717) is 0 Å². The van der Waals surface area contributed by atoms with Crippen LogP contribution in [0.4, 0.5) is 0 Å². The Morgan fingerprint density at radius 1 is 1.27 bits per heavy atom. The largest absolute Gasteiger partial charge is 0.466 e. The van der Waals surface area contributed by atoms with Crippen molar-refractivity contribution in [2.75, 3.05) is 13.2 Å². The quantitative estimate of drug-likeness (QED) is 0.384. The number of esters is 2. The Labute approximate surface area is 88.3 Å². The van der Waals surface area contributed by atoms with Gasteiger partial charge in [-0.1, -0.05) is 0 Å². The second kappa shape index (κ2) is 7.56. The molecule has 0 amide bonds. The zero-order valence-corrected chi connectivity index (χ0v) is 8.78. The van der Waals surface area contributed by atoms with E-state index in [1.807, 2.05) is 0 Å². The summed E-state index contributed by atoms with van der Waals surface area (Å²) in [6, 6.07) is 1.74. The van der Waals surface area contributed by atoms with Gasteiger partial charge in [0, 0.05) is 11.6 Å². The van der Waals surface area contributed by atoms with E-state index in [2.05, 4.69) is 9.47 Å². The van der Waals surface area contributed by atoms with Crippen LogP contribution in [-0.4, -0.2) is 25.2 Å². The van der Waals surface area contributed by atoms with Gasteiger partial charge in [-0.3, -0.25) is 4.79 Å². The highest BCUT2D eigenvalue weighted by Gasteiger charge is 2.08. The van der Waals surface area contributed by atoms with Crippen molar-refractivity contribution in [3.63, 3.8) is 0 Å². The van der Waals surface area contributed by atoms with Crippen molar-refractivity contribution in [3.8, 4) is 6.07 Å². The summed E-state index contributed by atoms with van der Waals surface area (Å²) >= 11 is 0. The van der Waals surface area contributed by atoms with Gasteiger partial charge < -0.3 is 9.47 Å². The fraction of sp³-hybridized carbons (Fsp3) is 0.500. The molecule has 0 aliphatic rings. The van der Waals surface area contributed by atoms with Crippen LogP contribution in [0.1, 0.15) is 20.3 Å². The molecule has 5 heteroatoms. The van der Waals surface area contributed by atoms with Crippen LogP contribution < -0.4 is 0 Å². The lowest BCUT2D eigenvalue weighted by atomic mass is 10.2. The van der Waals surface area contributed by atoms with Crippen molar-refractivity contribution in [1.82, 2.24) is 0 Å². The van der Waals surface area contributed by atoms with E-state index in [4.69, 9.17) is 5.26 Å². The number of nitrogens with zero attached hydrogens (tertiary/aromatic N) is 1. The summed E-state index contributed by atoms with van der Waals surface area (Å²) in [7, 11) is 0. The molecule has 15 heavy (non-hydrogen) atoms. The van der Waals surface area contributed by atoms with E-state index in [1.165, 1.54) is 0 Å². The number of ether oxygens (including phenoxy) is 2. The van der Waals surface area contributed by atoms with Crippen LogP contribution in [-0.2, 0) is 19.1 Å². The zero-order valence-electron chi connectivity index (χ0n) is 8.78. The average Bonchev–Trinajstić information content (AvgIpc) is 2.17. The molecule has 0 saturated heterocycles. The highest BCUT2D eigenvalue weighted by Crippen LogP contribution is 2.02. The molecule has 0 aromatic heterocycles. The lowest BCUT2D eigenvalue weighted by Crippen LogP contribution is -2.07. The predicted octanol–water partition coefficient (Wildman–Crippen LogP) is 0.953. The van der Waals surface area contributed by atoms with Gasteiger partial charge in [0.25, 0.3) is 0 Å². The highest BCUT2D eigenvalue weighted by atomic mass is 16.5. The van der Waals surface area contributed by atoms with Gasteiger partial charge in [0.15, 0.2) is 0 Å². The number of hydrogen-bond acceptors (Lipinski definition) is 5. The van der Waals surface area contributed by atoms with Gasteiger partial charge in [0.05, 0.1) is 25.7 Å². The minimum Gasteiger partial charge on any atom is -0.466 e. The first-order valence-corrected chi connectivity index (χ1v) is 4.57. The molecule has 0 aromatic carbocycles. The van der Waals surface area contributed by atoms with Crippen LogP contribution >= 0.6 is 0 Å². The van der Waals surface area contributed by atoms with Gasteiger partial charge >= 0.3 is 11.9 Å². The predicted molar refractivity (Wildman–Crippen MR) is 51.6 cm³/mol. The van der Waals surface area contributed by atoms with Crippen LogP contribution in [0.5, 0.6) is 0 Å². The van der Waals surface area contributed by atoms with Gasteiger partial charge in [0.2, 0.25) is 0 Å². The van der Waals surface area contributed by atoms with E-state index in [1.54, 1.807) is 19.9 Å². The monoisotopic (exact) mass is 211 g/mol. The molecule has 0 aliphatic heterocycles. The van der Waals surface area contributed by atoms with Gasteiger partial charge in [-0.05, 0) is 13.8 Å². The van der Waals surface area contributed by atoms with Crippen molar-refractivity contribution < 1.29 is 19.1 Å². The van der Waals surface area contributed by atoms with Crippen molar-refractivity contribution in [1.29, 1.82) is 5.26 Å². The molecule has 0 spiro atoms. The molecule has 0 bridgehead atoms. The van der Waals surface area contributed by atoms with E-state index >= 15 is 0 Å². The lowest BCUT2D eigenvalue weighted by molar-refractivity contribution is -0.142. The summed E-state index contributed by atoms with van der Waals surface area (Å²) in [6.07, 6.45) is 0.795. The molecular formula is C10H13NO4. The molecule has 0 aliphatic carbocycles. The van der Waals surface area contributed by atoms with Crippen LogP contribution in [0.3, 0.4) is 0 Å². The van der Waals surface area contributed by atoms with Crippen molar-refractivity contribution in [2.45, 2.75) is 20.3 Å². The van der Waals surface area contributed by atoms with E-state index in [0.717, 1.165) is 6.08 Å². The molecule has 0 heterocycles. The first-order valence-electron chi connectivity index (χ1n) is 4.57. The smallest absolute Gasteiger partial charge is 0.331 e. The van der Waals surface area contributed by atoms with Gasteiger partial charge in [-0.25, -0.2) is 4.79 Å². The van der Waals surface area contributed by atoms with Crippen molar-refractivity contribution in [3.05, 3.63) is 11.6 Å². The third-order valence-corrected chi connectivity index (χ3v) is 1.36. The zero-order chi connectivity index (χ0) is 11.7. The van der Waals surface area contributed by atoms with Gasteiger partial charge in [-0.2, -0.15) is 5.26 Å². The Balaban J connectivity index is 4.31. The number of carbonyl (C=O) groups excluding carboxylic acids is 2. The number of hydrogen-bond donors (Lipinski definition) is 0. The molecule has 0 rings (SSSR count). The summed E-state index contributed by atoms with van der Waals surface area (Å²) in [4.78, 5) is 21.9. The molecule has 0 aromatic rings. The molecule has 0 atom stereocenters. The summed E-state index contributed by atoms with van der Waals surface area (Å²) in [5.41, 5.74) is 0.0342. The summed E-state index contributed by atoms with van der Waals surface area (Å²) in [5, 5.41) is 8.63. The fourth-order valence-electron chi connectivity index (χ4n) is 0.817. The van der Waals surface area contributed by atoms with E-state index < -0.39 is 11.9 Å². The number of carbonyl (C=O) groups is 2. The Kier molecular flexibility index (Phi) is 6.64. The van der Waals surface area contributed by atoms with E-state index in [9.17, 15) is 9.59 Å². The van der Waals surface area contributed by atoms with Crippen LogP contribution in [0.2, 0.25) is 0 Å². The van der Waals surface area contributed by atoms with Crippen LogP contribution in [0, 0.1) is 11.3 Å². The third-order valence-electron chi connectivity index (χ3n) is 1.36. The van der Waals surface area contributed by atoms with Gasteiger partial charge in [-0.15, -0.1) is 0 Å². The number of nitriles is 1. The average molecular weight is 211 g/mol. The van der Waals surface area contributed by atoms with Crippen molar-refractivity contribution in [2.24, 2.45) is 0 Å². The normalized spacial score (nSPS) is 10.3. The standard InChI is InChI=1S/C10H13NO4/c1-3-14-9(12)5-8(7-11)6-10(13)15-4-2/h5H,3-4,6H2,1-2H3/b8-5-. The topological polar surface area (TPSA) is 76.4 Å². The SMILES string of the molecule is CCOC(=O)/C=C(\C#N)CC(=O)OCC. The second-order valence-corrected chi connectivity index (χ2v) is 2.52. The van der Waals surface area contributed by atoms with Crippen LogP contribution in [0.15, 0.2) is 11.6 Å². The molecule has 0 fully saturated rings. The maximum Gasteiger partial charge on any atom is 0.331 e. The molecule has 0 N–H and O–H groups in total. The molecule has 0 unspecified atom stereocenters. The Morgan fingerprint density at radius 3 is 2.33 bits per heavy atom. The Bertz CT molecular complexity index is 301. The maximum absolute atomic E-state index is 11.0. The minimum absolute atomic E-state index is 0.0342. The van der Waals surface area contributed by atoms with Gasteiger partial charge in [0.1, 0.15) is 0 Å². The molecule has 5 nitrogen and oxygen atoms in total. The molecule has 0 radical (unpaired) electrons. The van der Waals surface area contributed by atoms with E-state index in [-0.39, 0.29) is 25.2 Å². The second-order valence-electron chi connectivity index (χ2n) is 2.52. The fourth-order valence-corrected chi connectivity index (χ4v) is 0.817. The Morgan fingerprint density at radius 2 is 1.87 bits per heavy atom. The molecule has 82 valence electrons. The first-order chi connectivity index (χ1) is 7.13. The third kappa shape index (κ3) is 6.27.